The van der Waals surface area contributed by atoms with Crippen molar-refractivity contribution in [3.8, 4) is 5.75 Å². The Morgan fingerprint density at radius 2 is 1.92 bits per heavy atom. The summed E-state index contributed by atoms with van der Waals surface area (Å²) >= 11 is 6.97. The van der Waals surface area contributed by atoms with Crippen molar-refractivity contribution in [1.82, 2.24) is 4.72 Å². The van der Waals surface area contributed by atoms with Gasteiger partial charge in [-0.15, -0.1) is 11.3 Å². The Balaban J connectivity index is 1.30. The van der Waals surface area contributed by atoms with Gasteiger partial charge >= 0.3 is 0 Å². The normalized spacial score (nSPS) is 17.8. The average molecular weight is 551 g/mol. The van der Waals surface area contributed by atoms with Gasteiger partial charge in [0.05, 0.1) is 17.4 Å². The number of halogens is 2. The van der Waals surface area contributed by atoms with Gasteiger partial charge in [0.25, 0.3) is 0 Å². The molecule has 4 rings (SSSR count). The Morgan fingerprint density at radius 3 is 2.61 bits per heavy atom. The van der Waals surface area contributed by atoms with Crippen molar-refractivity contribution in [2.75, 3.05) is 11.9 Å². The first-order chi connectivity index (χ1) is 17.2. The van der Waals surface area contributed by atoms with E-state index in [1.165, 1.54) is 30.3 Å². The van der Waals surface area contributed by atoms with Gasteiger partial charge in [0.2, 0.25) is 15.9 Å². The predicted octanol–water partition coefficient (Wildman–Crippen LogP) is 5.95. The number of carbonyl (C=O) groups excluding carboxylic acids is 1. The highest BCUT2D eigenvalue weighted by Gasteiger charge is 2.32. The number of thiophene rings is 1. The molecule has 6 nitrogen and oxygen atoms in total. The molecule has 2 atom stereocenters. The van der Waals surface area contributed by atoms with Gasteiger partial charge < -0.3 is 10.1 Å². The fourth-order valence-corrected chi connectivity index (χ4v) is 7.28. The van der Waals surface area contributed by atoms with Crippen LogP contribution in [0, 0.1) is 18.7 Å². The maximum Gasteiger partial charge on any atom is 0.250 e. The summed E-state index contributed by atoms with van der Waals surface area (Å²) in [5, 5.41) is 2.88. The van der Waals surface area contributed by atoms with Gasteiger partial charge in [-0.2, -0.15) is 0 Å². The lowest BCUT2D eigenvalue weighted by Crippen LogP contribution is -2.37. The van der Waals surface area contributed by atoms with Crippen LogP contribution in [0.15, 0.2) is 58.8 Å². The number of amides is 1. The van der Waals surface area contributed by atoms with Crippen molar-refractivity contribution in [1.29, 1.82) is 0 Å². The van der Waals surface area contributed by atoms with Crippen molar-refractivity contribution in [3.05, 3.63) is 75.9 Å². The van der Waals surface area contributed by atoms with Crippen molar-refractivity contribution in [3.63, 3.8) is 0 Å². The van der Waals surface area contributed by atoms with Crippen LogP contribution in [0.2, 0.25) is 4.34 Å². The third-order valence-corrected chi connectivity index (χ3v) is 9.51. The number of nitrogens with one attached hydrogen (secondary N) is 2. The summed E-state index contributed by atoms with van der Waals surface area (Å²) in [6.07, 6.45) is 3.64. The minimum atomic E-state index is -3.60. The van der Waals surface area contributed by atoms with Crippen LogP contribution in [0.5, 0.6) is 5.75 Å². The highest BCUT2D eigenvalue weighted by molar-refractivity contribution is 7.91. The Morgan fingerprint density at radius 1 is 1.14 bits per heavy atom. The zero-order valence-electron chi connectivity index (χ0n) is 19.8. The fraction of sp³-hybridized carbons (Fsp3) is 0.346. The minimum Gasteiger partial charge on any atom is -0.493 e. The van der Waals surface area contributed by atoms with Crippen LogP contribution in [-0.2, 0) is 21.2 Å². The summed E-state index contributed by atoms with van der Waals surface area (Å²) in [5.74, 6) is 0.185. The SMILES string of the molecule is Cc1cc(NC(=O)CCOc2ccc(F)cc2)ccc1C[C@@H]1CCC[C@@H]1NS(=O)(=O)c1ccc(Cl)s1. The van der Waals surface area contributed by atoms with Gasteiger partial charge in [0.1, 0.15) is 15.8 Å². The topological polar surface area (TPSA) is 84.5 Å². The molecule has 0 saturated heterocycles. The second-order valence-electron chi connectivity index (χ2n) is 8.92. The van der Waals surface area contributed by atoms with Crippen LogP contribution in [-0.4, -0.2) is 27.0 Å². The molecular formula is C26H28ClFN2O4S2. The molecule has 2 aromatic carbocycles. The molecule has 2 N–H and O–H groups in total. The van der Waals surface area contributed by atoms with E-state index < -0.39 is 10.0 Å². The molecule has 1 saturated carbocycles. The number of anilines is 1. The number of carbonyl (C=O) groups is 1. The molecule has 1 amide bonds. The summed E-state index contributed by atoms with van der Waals surface area (Å²) in [4.78, 5) is 12.3. The van der Waals surface area contributed by atoms with Crippen molar-refractivity contribution in [2.24, 2.45) is 5.92 Å². The van der Waals surface area contributed by atoms with Gasteiger partial charge in [-0.3, -0.25) is 4.79 Å². The van der Waals surface area contributed by atoms with E-state index in [2.05, 4.69) is 10.0 Å². The van der Waals surface area contributed by atoms with E-state index in [0.29, 0.717) is 15.8 Å². The fourth-order valence-electron chi connectivity index (χ4n) is 4.44. The van der Waals surface area contributed by atoms with Crippen LogP contribution in [0.1, 0.15) is 36.8 Å². The summed E-state index contributed by atoms with van der Waals surface area (Å²) in [7, 11) is -3.60. The number of rotatable bonds is 10. The lowest BCUT2D eigenvalue weighted by atomic mass is 9.92. The highest BCUT2D eigenvalue weighted by atomic mass is 35.5. The molecule has 1 aromatic heterocycles. The molecule has 3 aromatic rings. The zero-order valence-corrected chi connectivity index (χ0v) is 22.2. The average Bonchev–Trinajstić information content (AvgIpc) is 3.46. The quantitative estimate of drug-likeness (QED) is 0.327. The third kappa shape index (κ3) is 7.06. The van der Waals surface area contributed by atoms with Crippen LogP contribution < -0.4 is 14.8 Å². The first kappa shape index (κ1) is 26.6. The largest absolute Gasteiger partial charge is 0.493 e. The van der Waals surface area contributed by atoms with Crippen LogP contribution in [0.25, 0.3) is 0 Å². The molecule has 10 heteroatoms. The molecule has 1 fully saturated rings. The highest BCUT2D eigenvalue weighted by Crippen LogP contribution is 2.33. The first-order valence-corrected chi connectivity index (χ1v) is 14.4. The van der Waals surface area contributed by atoms with Gasteiger partial charge in [-0.25, -0.2) is 17.5 Å². The number of hydrogen-bond acceptors (Lipinski definition) is 5. The summed E-state index contributed by atoms with van der Waals surface area (Å²) < 4.78 is 47.5. The lowest BCUT2D eigenvalue weighted by molar-refractivity contribution is -0.116. The van der Waals surface area contributed by atoms with Gasteiger partial charge in [-0.05, 0) is 91.8 Å². The Kier molecular flexibility index (Phi) is 8.66. The molecule has 0 radical (unpaired) electrons. The summed E-state index contributed by atoms with van der Waals surface area (Å²) in [6, 6.07) is 14.4. The first-order valence-electron chi connectivity index (χ1n) is 11.7. The van der Waals surface area contributed by atoms with Gasteiger partial charge in [-0.1, -0.05) is 24.1 Å². The van der Waals surface area contributed by atoms with E-state index >= 15 is 0 Å². The van der Waals surface area contributed by atoms with Crippen LogP contribution >= 0.6 is 22.9 Å². The predicted molar refractivity (Wildman–Crippen MR) is 141 cm³/mol. The number of hydrogen-bond donors (Lipinski definition) is 2. The number of aryl methyl sites for hydroxylation is 1. The smallest absolute Gasteiger partial charge is 0.250 e. The van der Waals surface area contributed by atoms with Gasteiger partial charge in [0, 0.05) is 11.7 Å². The molecule has 36 heavy (non-hydrogen) atoms. The molecular weight excluding hydrogens is 523 g/mol. The van der Waals surface area contributed by atoms with Crippen molar-refractivity contribution in [2.45, 2.75) is 49.3 Å². The number of ether oxygens (including phenoxy) is 1. The Hall–Kier alpha value is -2.46. The summed E-state index contributed by atoms with van der Waals surface area (Å²) in [6.45, 7) is 2.18. The van der Waals surface area contributed by atoms with Crippen LogP contribution in [0.4, 0.5) is 10.1 Å². The lowest BCUT2D eigenvalue weighted by Gasteiger charge is -2.22. The molecule has 1 heterocycles. The molecule has 1 aliphatic rings. The molecule has 0 aliphatic heterocycles. The maximum atomic E-state index is 13.0. The standard InChI is InChI=1S/C26H28ClFN2O4S2/c1-17-15-21(29-25(31)13-14-34-22-9-6-20(28)7-10-22)8-5-18(17)16-19-3-2-4-23(19)30-36(32,33)26-12-11-24(27)35-26/h5-12,15,19,23,30H,2-4,13-14,16H2,1H3,(H,29,31)/t19-,23-/m0/s1. The van der Waals surface area contributed by atoms with Crippen molar-refractivity contribution < 1.29 is 22.3 Å². The van der Waals surface area contributed by atoms with E-state index in [0.717, 1.165) is 48.1 Å². The second kappa shape index (κ2) is 11.7. The molecule has 0 spiro atoms. The number of benzene rings is 2. The second-order valence-corrected chi connectivity index (χ2v) is 12.6. The van der Waals surface area contributed by atoms with E-state index in [4.69, 9.17) is 16.3 Å². The van der Waals surface area contributed by atoms with Crippen LogP contribution in [0.3, 0.4) is 0 Å². The minimum absolute atomic E-state index is 0.129. The van der Waals surface area contributed by atoms with E-state index in [1.54, 1.807) is 6.07 Å². The molecule has 0 bridgehead atoms. The number of sulfonamides is 1. The Labute approximate surface area is 219 Å². The molecule has 0 unspecified atom stereocenters. The summed E-state index contributed by atoms with van der Waals surface area (Å²) in [5.41, 5.74) is 2.86. The maximum absolute atomic E-state index is 13.0. The van der Waals surface area contributed by atoms with Crippen molar-refractivity contribution >= 4 is 44.6 Å². The van der Waals surface area contributed by atoms with Gasteiger partial charge in [0.15, 0.2) is 0 Å². The Bertz CT molecular complexity index is 1310. The monoisotopic (exact) mass is 550 g/mol. The van der Waals surface area contributed by atoms with E-state index in [1.807, 2.05) is 25.1 Å². The van der Waals surface area contributed by atoms with E-state index in [9.17, 15) is 17.6 Å². The third-order valence-electron chi connectivity index (χ3n) is 6.30. The van der Waals surface area contributed by atoms with E-state index in [-0.39, 0.29) is 40.9 Å². The molecule has 1 aliphatic carbocycles. The zero-order chi connectivity index (χ0) is 25.7. The molecule has 192 valence electrons.